The van der Waals surface area contributed by atoms with E-state index in [-0.39, 0.29) is 24.0 Å². The normalized spacial score (nSPS) is 15.3. The molecule has 2 rings (SSSR count). The molecule has 1 aliphatic rings. The molecular weight excluding hydrogens is 467 g/mol. The van der Waals surface area contributed by atoms with Gasteiger partial charge in [0.1, 0.15) is 12.2 Å². The number of nitrogens with one attached hydrogen (secondary N) is 2. The van der Waals surface area contributed by atoms with Crippen LogP contribution in [0.3, 0.4) is 0 Å². The molecule has 1 aromatic rings. The summed E-state index contributed by atoms with van der Waals surface area (Å²) < 4.78 is 7.74. The quantitative estimate of drug-likeness (QED) is 0.196. The number of aliphatic imine (C=N–C) groups is 1. The SMILES string of the molecule is CCCCOCCCN=C(NCCn1cnnc1CC)NC1CCCCC1.I. The van der Waals surface area contributed by atoms with Gasteiger partial charge >= 0.3 is 0 Å². The number of guanidine groups is 1. The second kappa shape index (κ2) is 16.0. The maximum Gasteiger partial charge on any atom is 0.191 e. The van der Waals surface area contributed by atoms with Crippen LogP contribution in [-0.2, 0) is 17.7 Å². The van der Waals surface area contributed by atoms with Gasteiger partial charge in [-0.1, -0.05) is 39.5 Å². The van der Waals surface area contributed by atoms with Crippen LogP contribution in [0.2, 0.25) is 0 Å². The van der Waals surface area contributed by atoms with Crippen LogP contribution < -0.4 is 10.6 Å². The Morgan fingerprint density at radius 3 is 2.75 bits per heavy atom. The lowest BCUT2D eigenvalue weighted by atomic mass is 9.96. The fourth-order valence-corrected chi connectivity index (χ4v) is 3.33. The molecule has 0 spiro atoms. The van der Waals surface area contributed by atoms with Crippen molar-refractivity contribution in [3.63, 3.8) is 0 Å². The molecule has 8 heteroatoms. The summed E-state index contributed by atoms with van der Waals surface area (Å²) in [5.74, 6) is 1.96. The number of aryl methyl sites for hydroxylation is 1. The van der Waals surface area contributed by atoms with Gasteiger partial charge in [0.05, 0.1) is 0 Å². The standard InChI is InChI=1S/C20H38N6O.HI/c1-3-5-15-27-16-9-12-21-20(24-18-10-7-6-8-11-18)22-13-14-26-17-23-25-19(26)4-2;/h17-18H,3-16H2,1-2H3,(H2,21,22,24);1H. The Hall–Kier alpha value is -0.900. The zero-order chi connectivity index (χ0) is 19.2. The summed E-state index contributed by atoms with van der Waals surface area (Å²) in [6.07, 6.45) is 12.5. The average molecular weight is 506 g/mol. The third kappa shape index (κ3) is 10.0. The Kier molecular flexibility index (Phi) is 14.3. The summed E-state index contributed by atoms with van der Waals surface area (Å²) in [5.41, 5.74) is 0. The van der Waals surface area contributed by atoms with Gasteiger partial charge in [0.25, 0.3) is 0 Å². The molecule has 0 saturated heterocycles. The van der Waals surface area contributed by atoms with E-state index < -0.39 is 0 Å². The maximum absolute atomic E-state index is 5.63. The summed E-state index contributed by atoms with van der Waals surface area (Å²) in [4.78, 5) is 4.77. The predicted molar refractivity (Wildman–Crippen MR) is 125 cm³/mol. The van der Waals surface area contributed by atoms with Crippen molar-refractivity contribution in [2.45, 2.75) is 84.2 Å². The smallest absolute Gasteiger partial charge is 0.191 e. The molecule has 0 radical (unpaired) electrons. The van der Waals surface area contributed by atoms with Gasteiger partial charge in [0.2, 0.25) is 0 Å². The van der Waals surface area contributed by atoms with Crippen molar-refractivity contribution in [3.05, 3.63) is 12.2 Å². The van der Waals surface area contributed by atoms with E-state index in [1.807, 2.05) is 0 Å². The number of ether oxygens (including phenoxy) is 1. The summed E-state index contributed by atoms with van der Waals surface area (Å²) in [5, 5.41) is 15.3. The molecule has 2 N–H and O–H groups in total. The monoisotopic (exact) mass is 506 g/mol. The lowest BCUT2D eigenvalue weighted by Crippen LogP contribution is -2.45. The van der Waals surface area contributed by atoms with E-state index >= 15 is 0 Å². The number of hydrogen-bond donors (Lipinski definition) is 2. The molecule has 1 fully saturated rings. The van der Waals surface area contributed by atoms with E-state index in [4.69, 9.17) is 9.73 Å². The van der Waals surface area contributed by atoms with Gasteiger partial charge < -0.3 is 19.9 Å². The molecule has 0 aliphatic heterocycles. The Balaban J connectivity index is 0.00000392. The Morgan fingerprint density at radius 1 is 1.21 bits per heavy atom. The average Bonchev–Trinajstić information content (AvgIpc) is 3.15. The lowest BCUT2D eigenvalue weighted by molar-refractivity contribution is 0.130. The van der Waals surface area contributed by atoms with E-state index in [0.29, 0.717) is 6.04 Å². The molecular formula is C20H39IN6O. The highest BCUT2D eigenvalue weighted by Gasteiger charge is 2.14. The number of hydrogen-bond acceptors (Lipinski definition) is 4. The molecule has 162 valence electrons. The summed E-state index contributed by atoms with van der Waals surface area (Å²) in [7, 11) is 0. The maximum atomic E-state index is 5.63. The van der Waals surface area contributed by atoms with Crippen LogP contribution in [0.5, 0.6) is 0 Å². The van der Waals surface area contributed by atoms with Crippen molar-refractivity contribution in [3.8, 4) is 0 Å². The number of aromatic nitrogens is 3. The van der Waals surface area contributed by atoms with Gasteiger partial charge in [-0.2, -0.15) is 0 Å². The summed E-state index contributed by atoms with van der Waals surface area (Å²) in [6.45, 7) is 8.41. The van der Waals surface area contributed by atoms with Crippen LogP contribution in [-0.4, -0.2) is 53.1 Å². The Labute approximate surface area is 187 Å². The number of nitrogens with zero attached hydrogens (tertiary/aromatic N) is 4. The van der Waals surface area contributed by atoms with E-state index in [0.717, 1.165) is 63.9 Å². The highest BCUT2D eigenvalue weighted by Crippen LogP contribution is 2.17. The van der Waals surface area contributed by atoms with E-state index in [1.165, 1.54) is 38.5 Å². The molecule has 0 atom stereocenters. The highest BCUT2D eigenvalue weighted by molar-refractivity contribution is 14.0. The third-order valence-corrected chi connectivity index (χ3v) is 4.96. The number of unbranched alkanes of at least 4 members (excludes halogenated alkanes) is 1. The van der Waals surface area contributed by atoms with Crippen LogP contribution in [0, 0.1) is 0 Å². The largest absolute Gasteiger partial charge is 0.381 e. The second-order valence-electron chi connectivity index (χ2n) is 7.25. The minimum absolute atomic E-state index is 0. The van der Waals surface area contributed by atoms with Crippen molar-refractivity contribution in [2.24, 2.45) is 4.99 Å². The fraction of sp³-hybridized carbons (Fsp3) is 0.850. The van der Waals surface area contributed by atoms with Crippen LogP contribution in [0.25, 0.3) is 0 Å². The predicted octanol–water partition coefficient (Wildman–Crippen LogP) is 3.53. The molecule has 1 aliphatic carbocycles. The van der Waals surface area contributed by atoms with Crippen molar-refractivity contribution < 1.29 is 4.74 Å². The first kappa shape index (κ1) is 25.1. The van der Waals surface area contributed by atoms with Gasteiger partial charge in [-0.25, -0.2) is 0 Å². The first-order valence-corrected chi connectivity index (χ1v) is 10.8. The molecule has 0 aromatic carbocycles. The zero-order valence-electron chi connectivity index (χ0n) is 17.7. The van der Waals surface area contributed by atoms with Crippen LogP contribution >= 0.6 is 24.0 Å². The van der Waals surface area contributed by atoms with E-state index in [9.17, 15) is 0 Å². The first-order chi connectivity index (χ1) is 13.3. The third-order valence-electron chi connectivity index (χ3n) is 4.96. The number of halogens is 1. The molecule has 1 aromatic heterocycles. The molecule has 1 heterocycles. The molecule has 0 bridgehead atoms. The minimum Gasteiger partial charge on any atom is -0.381 e. The van der Waals surface area contributed by atoms with Gasteiger partial charge in [-0.05, 0) is 25.7 Å². The first-order valence-electron chi connectivity index (χ1n) is 10.8. The molecule has 0 amide bonds. The summed E-state index contributed by atoms with van der Waals surface area (Å²) >= 11 is 0. The molecule has 7 nitrogen and oxygen atoms in total. The lowest BCUT2D eigenvalue weighted by Gasteiger charge is -2.25. The van der Waals surface area contributed by atoms with E-state index in [2.05, 4.69) is 39.2 Å². The fourth-order valence-electron chi connectivity index (χ4n) is 3.33. The second-order valence-corrected chi connectivity index (χ2v) is 7.25. The van der Waals surface area contributed by atoms with Crippen molar-refractivity contribution >= 4 is 29.9 Å². The van der Waals surface area contributed by atoms with Crippen molar-refractivity contribution in [1.29, 1.82) is 0 Å². The Bertz CT molecular complexity index is 531. The van der Waals surface area contributed by atoms with Crippen molar-refractivity contribution in [2.75, 3.05) is 26.3 Å². The van der Waals surface area contributed by atoms with Crippen LogP contribution in [0.4, 0.5) is 0 Å². The van der Waals surface area contributed by atoms with Gasteiger partial charge in [-0.3, -0.25) is 4.99 Å². The van der Waals surface area contributed by atoms with Crippen LogP contribution in [0.15, 0.2) is 11.3 Å². The summed E-state index contributed by atoms with van der Waals surface area (Å²) in [6, 6.07) is 0.548. The van der Waals surface area contributed by atoms with Gasteiger partial charge in [-0.15, -0.1) is 34.2 Å². The van der Waals surface area contributed by atoms with E-state index in [1.54, 1.807) is 6.33 Å². The topological polar surface area (TPSA) is 76.4 Å². The minimum atomic E-state index is 0. The van der Waals surface area contributed by atoms with Gasteiger partial charge in [0.15, 0.2) is 5.96 Å². The molecule has 0 unspecified atom stereocenters. The van der Waals surface area contributed by atoms with Crippen LogP contribution in [0.1, 0.15) is 71.0 Å². The molecule has 1 saturated carbocycles. The zero-order valence-corrected chi connectivity index (χ0v) is 20.0. The number of rotatable bonds is 12. The highest BCUT2D eigenvalue weighted by atomic mass is 127. The molecule has 28 heavy (non-hydrogen) atoms. The van der Waals surface area contributed by atoms with Gasteiger partial charge in [0, 0.05) is 45.3 Å². The Morgan fingerprint density at radius 2 is 2.00 bits per heavy atom. The van der Waals surface area contributed by atoms with Crippen molar-refractivity contribution in [1.82, 2.24) is 25.4 Å².